The third-order valence-electron chi connectivity index (χ3n) is 1.63. The van der Waals surface area contributed by atoms with Gasteiger partial charge < -0.3 is 10.4 Å². The maximum Gasteiger partial charge on any atom is 0.328 e. The summed E-state index contributed by atoms with van der Waals surface area (Å²) in [4.78, 5) is 21.0. The number of hydrogen-bond donors (Lipinski definition) is 2. The van der Waals surface area contributed by atoms with Gasteiger partial charge in [-0.05, 0) is 23.8 Å². The predicted octanol–water partition coefficient (Wildman–Crippen LogP) is 1.74. The van der Waals surface area contributed by atoms with Gasteiger partial charge in [-0.15, -0.1) is 0 Å². The van der Waals surface area contributed by atoms with E-state index in [2.05, 4.69) is 5.32 Å². The molecular formula is C11H11NO3. The van der Waals surface area contributed by atoms with Gasteiger partial charge >= 0.3 is 5.97 Å². The first-order valence-corrected chi connectivity index (χ1v) is 4.36. The highest BCUT2D eigenvalue weighted by Crippen LogP contribution is 2.11. The minimum Gasteiger partial charge on any atom is -0.478 e. The van der Waals surface area contributed by atoms with E-state index in [1.165, 1.54) is 13.0 Å². The Morgan fingerprint density at radius 2 is 2.13 bits per heavy atom. The predicted molar refractivity (Wildman–Crippen MR) is 57.4 cm³/mol. The average molecular weight is 205 g/mol. The van der Waals surface area contributed by atoms with Crippen molar-refractivity contribution in [3.05, 3.63) is 35.9 Å². The van der Waals surface area contributed by atoms with Crippen LogP contribution in [0.4, 0.5) is 5.69 Å². The topological polar surface area (TPSA) is 66.4 Å². The molecule has 2 N–H and O–H groups in total. The van der Waals surface area contributed by atoms with Gasteiger partial charge in [-0.2, -0.15) is 0 Å². The lowest BCUT2D eigenvalue weighted by atomic mass is 10.2. The molecule has 0 aliphatic heterocycles. The minimum atomic E-state index is -1.00. The van der Waals surface area contributed by atoms with E-state index < -0.39 is 5.97 Å². The molecule has 1 rings (SSSR count). The van der Waals surface area contributed by atoms with E-state index >= 15 is 0 Å². The van der Waals surface area contributed by atoms with Crippen molar-refractivity contribution in [3.8, 4) is 0 Å². The summed E-state index contributed by atoms with van der Waals surface area (Å²) in [5, 5.41) is 11.0. The largest absolute Gasteiger partial charge is 0.478 e. The van der Waals surface area contributed by atoms with Crippen LogP contribution in [-0.2, 0) is 9.59 Å². The fraction of sp³-hybridized carbons (Fsp3) is 0.0909. The van der Waals surface area contributed by atoms with Gasteiger partial charge in [0, 0.05) is 18.7 Å². The number of anilines is 1. The van der Waals surface area contributed by atoms with Crippen molar-refractivity contribution < 1.29 is 14.7 Å². The molecule has 0 atom stereocenters. The first-order valence-electron chi connectivity index (χ1n) is 4.36. The Morgan fingerprint density at radius 1 is 1.40 bits per heavy atom. The molecule has 1 amide bonds. The van der Waals surface area contributed by atoms with E-state index in [1.54, 1.807) is 24.3 Å². The summed E-state index contributed by atoms with van der Waals surface area (Å²) in [5.41, 5.74) is 1.37. The lowest BCUT2D eigenvalue weighted by Gasteiger charge is -2.02. The van der Waals surface area contributed by atoms with Crippen LogP contribution in [0.3, 0.4) is 0 Å². The molecule has 0 heterocycles. The van der Waals surface area contributed by atoms with E-state index in [0.717, 1.165) is 11.6 Å². The Hall–Kier alpha value is -2.10. The number of benzene rings is 1. The molecule has 1 aromatic carbocycles. The summed E-state index contributed by atoms with van der Waals surface area (Å²) in [6, 6.07) is 6.93. The number of hydrogen-bond acceptors (Lipinski definition) is 2. The third kappa shape index (κ3) is 4.08. The number of amides is 1. The second kappa shape index (κ2) is 4.95. The second-order valence-electron chi connectivity index (χ2n) is 2.98. The number of carboxylic acids is 1. The first-order chi connectivity index (χ1) is 7.08. The van der Waals surface area contributed by atoms with Crippen LogP contribution >= 0.6 is 0 Å². The molecule has 1 aromatic rings. The van der Waals surface area contributed by atoms with E-state index in [9.17, 15) is 9.59 Å². The number of rotatable bonds is 3. The van der Waals surface area contributed by atoms with Crippen molar-refractivity contribution in [1.29, 1.82) is 0 Å². The number of carbonyl (C=O) groups excluding carboxylic acids is 1. The molecule has 15 heavy (non-hydrogen) atoms. The molecule has 4 nitrogen and oxygen atoms in total. The van der Waals surface area contributed by atoms with Gasteiger partial charge in [0.25, 0.3) is 0 Å². The molecule has 0 aliphatic carbocycles. The Morgan fingerprint density at radius 3 is 2.73 bits per heavy atom. The summed E-state index contributed by atoms with van der Waals surface area (Å²) >= 11 is 0. The molecule has 0 saturated carbocycles. The maximum absolute atomic E-state index is 10.8. The van der Waals surface area contributed by atoms with Crippen LogP contribution < -0.4 is 5.32 Å². The molecule has 0 unspecified atom stereocenters. The van der Waals surface area contributed by atoms with Crippen molar-refractivity contribution in [2.24, 2.45) is 0 Å². The molecule has 0 saturated heterocycles. The zero-order chi connectivity index (χ0) is 11.3. The summed E-state index contributed by atoms with van der Waals surface area (Å²) in [7, 11) is 0. The molecule has 0 aliphatic rings. The Balaban J connectivity index is 2.82. The fourth-order valence-electron chi connectivity index (χ4n) is 1.09. The van der Waals surface area contributed by atoms with Crippen LogP contribution in [0.5, 0.6) is 0 Å². The molecule has 0 bridgehead atoms. The molecule has 0 aromatic heterocycles. The van der Waals surface area contributed by atoms with Crippen molar-refractivity contribution >= 4 is 23.6 Å². The van der Waals surface area contributed by atoms with Gasteiger partial charge in [-0.25, -0.2) is 4.79 Å². The molecule has 0 spiro atoms. The molecule has 0 radical (unpaired) electrons. The number of carboxylic acid groups (broad SMARTS) is 1. The van der Waals surface area contributed by atoms with Crippen molar-refractivity contribution in [2.45, 2.75) is 6.92 Å². The van der Waals surface area contributed by atoms with E-state index in [1.807, 2.05) is 0 Å². The Bertz CT molecular complexity index is 410. The van der Waals surface area contributed by atoms with Crippen LogP contribution in [0.25, 0.3) is 6.08 Å². The highest BCUT2D eigenvalue weighted by Gasteiger charge is 1.95. The summed E-state index contributed by atoms with van der Waals surface area (Å²) < 4.78 is 0. The minimum absolute atomic E-state index is 0.158. The molecule has 0 fully saturated rings. The summed E-state index contributed by atoms with van der Waals surface area (Å²) in [6.07, 6.45) is 2.51. The van der Waals surface area contributed by atoms with Gasteiger partial charge in [0.05, 0.1) is 0 Å². The molecule has 4 heteroatoms. The van der Waals surface area contributed by atoms with Gasteiger partial charge in [0.1, 0.15) is 0 Å². The second-order valence-corrected chi connectivity index (χ2v) is 2.98. The van der Waals surface area contributed by atoms with Gasteiger partial charge in [-0.3, -0.25) is 4.79 Å². The van der Waals surface area contributed by atoms with Crippen molar-refractivity contribution in [2.75, 3.05) is 5.32 Å². The number of aliphatic carboxylic acids is 1. The maximum atomic E-state index is 10.8. The standard InChI is InChI=1S/C11H11NO3/c1-8(13)12-10-4-2-3-9(7-10)5-6-11(14)15/h2-7H,1H3,(H,12,13)(H,14,15)/b6-5+. The van der Waals surface area contributed by atoms with Gasteiger partial charge in [-0.1, -0.05) is 12.1 Å². The Labute approximate surface area is 87.2 Å². The lowest BCUT2D eigenvalue weighted by Crippen LogP contribution is -2.05. The highest BCUT2D eigenvalue weighted by atomic mass is 16.4. The number of nitrogens with one attached hydrogen (secondary N) is 1. The average Bonchev–Trinajstić information content (AvgIpc) is 2.14. The first kappa shape index (κ1) is 11.0. The number of carbonyl (C=O) groups is 2. The monoisotopic (exact) mass is 205 g/mol. The van der Waals surface area contributed by atoms with Crippen molar-refractivity contribution in [1.82, 2.24) is 0 Å². The smallest absolute Gasteiger partial charge is 0.328 e. The molecule has 78 valence electrons. The SMILES string of the molecule is CC(=O)Nc1cccc(/C=C/C(=O)O)c1. The zero-order valence-corrected chi connectivity index (χ0v) is 8.23. The van der Waals surface area contributed by atoms with Crippen LogP contribution in [0, 0.1) is 0 Å². The summed E-state index contributed by atoms with van der Waals surface area (Å²) in [6.45, 7) is 1.42. The lowest BCUT2D eigenvalue weighted by molar-refractivity contribution is -0.131. The van der Waals surface area contributed by atoms with Gasteiger partial charge in [0.2, 0.25) is 5.91 Å². The highest BCUT2D eigenvalue weighted by molar-refractivity contribution is 5.89. The fourth-order valence-corrected chi connectivity index (χ4v) is 1.09. The summed E-state index contributed by atoms with van der Waals surface area (Å²) in [5.74, 6) is -1.16. The van der Waals surface area contributed by atoms with E-state index in [4.69, 9.17) is 5.11 Å². The van der Waals surface area contributed by atoms with Crippen LogP contribution in [0.1, 0.15) is 12.5 Å². The van der Waals surface area contributed by atoms with Gasteiger partial charge in [0.15, 0.2) is 0 Å². The quantitative estimate of drug-likeness (QED) is 0.738. The zero-order valence-electron chi connectivity index (χ0n) is 8.23. The van der Waals surface area contributed by atoms with Crippen molar-refractivity contribution in [3.63, 3.8) is 0 Å². The third-order valence-corrected chi connectivity index (χ3v) is 1.63. The van der Waals surface area contributed by atoms with E-state index in [0.29, 0.717) is 5.69 Å². The normalized spacial score (nSPS) is 10.2. The van der Waals surface area contributed by atoms with Crippen LogP contribution in [0.15, 0.2) is 30.3 Å². The molecular weight excluding hydrogens is 194 g/mol. The van der Waals surface area contributed by atoms with Crippen LogP contribution in [-0.4, -0.2) is 17.0 Å². The Kier molecular flexibility index (Phi) is 3.62. The van der Waals surface area contributed by atoms with E-state index in [-0.39, 0.29) is 5.91 Å². The van der Waals surface area contributed by atoms with Crippen LogP contribution in [0.2, 0.25) is 0 Å².